The molecule has 2 aromatic heterocycles. The van der Waals surface area contributed by atoms with Gasteiger partial charge in [-0.25, -0.2) is 0 Å². The van der Waals surface area contributed by atoms with E-state index in [-0.39, 0.29) is 18.4 Å². The maximum Gasteiger partial charge on any atom is 0.251 e. The Morgan fingerprint density at radius 3 is 2.62 bits per heavy atom. The fraction of sp³-hybridized carbons (Fsp3) is 0.316. The normalized spacial score (nSPS) is 15.1. The van der Waals surface area contributed by atoms with Gasteiger partial charge in [-0.1, -0.05) is 5.16 Å². The molecule has 0 bridgehead atoms. The molecule has 1 amide bonds. The number of hydrogen-bond donors (Lipinski definition) is 1. The fourth-order valence-electron chi connectivity index (χ4n) is 3.01. The average molecular weight is 352 g/mol. The van der Waals surface area contributed by atoms with Gasteiger partial charge in [-0.15, -0.1) is 0 Å². The molecule has 3 heterocycles. The molecule has 3 aromatic rings. The van der Waals surface area contributed by atoms with Gasteiger partial charge in [0.25, 0.3) is 5.91 Å². The Bertz CT molecular complexity index is 849. The summed E-state index contributed by atoms with van der Waals surface area (Å²) in [5.41, 5.74) is 1.59. The van der Waals surface area contributed by atoms with Gasteiger partial charge >= 0.3 is 0 Å². The molecule has 0 radical (unpaired) electrons. The molecular formula is C19H20N4O3. The van der Waals surface area contributed by atoms with Crippen LogP contribution >= 0.6 is 0 Å². The first kappa shape index (κ1) is 16.5. The van der Waals surface area contributed by atoms with Crippen LogP contribution in [0.5, 0.6) is 0 Å². The molecule has 0 saturated carbocycles. The summed E-state index contributed by atoms with van der Waals surface area (Å²) in [4.78, 5) is 16.7. The van der Waals surface area contributed by atoms with Crippen molar-refractivity contribution in [2.45, 2.75) is 25.3 Å². The summed E-state index contributed by atoms with van der Waals surface area (Å²) in [5.74, 6) is 1.23. The van der Waals surface area contributed by atoms with Gasteiger partial charge < -0.3 is 19.1 Å². The lowest BCUT2D eigenvalue weighted by molar-refractivity contribution is 0.0830. The second kappa shape index (κ2) is 7.53. The number of rotatable bonds is 5. The highest BCUT2D eigenvalue weighted by Gasteiger charge is 2.21. The van der Waals surface area contributed by atoms with Crippen molar-refractivity contribution < 1.29 is 14.1 Å². The number of carbonyl (C=O) groups excluding carboxylic acids is 1. The van der Waals surface area contributed by atoms with Crippen molar-refractivity contribution >= 4 is 5.91 Å². The number of nitrogens with zero attached hydrogens (tertiary/aromatic N) is 3. The second-order valence-corrected chi connectivity index (χ2v) is 6.25. The Kier molecular flexibility index (Phi) is 4.79. The number of benzene rings is 1. The van der Waals surface area contributed by atoms with Gasteiger partial charge in [0, 0.05) is 42.8 Å². The number of aromatic nitrogens is 3. The third-order valence-electron chi connectivity index (χ3n) is 4.50. The van der Waals surface area contributed by atoms with E-state index in [2.05, 4.69) is 15.5 Å². The van der Waals surface area contributed by atoms with Gasteiger partial charge in [0.2, 0.25) is 5.89 Å². The van der Waals surface area contributed by atoms with E-state index in [1.54, 1.807) is 12.1 Å². The van der Waals surface area contributed by atoms with Gasteiger partial charge in [-0.05, 0) is 49.2 Å². The summed E-state index contributed by atoms with van der Waals surface area (Å²) < 4.78 is 12.6. The van der Waals surface area contributed by atoms with Gasteiger partial charge in [0.05, 0.1) is 6.54 Å². The molecule has 1 fully saturated rings. The lowest BCUT2D eigenvalue weighted by Gasteiger charge is -2.18. The number of nitrogens with one attached hydrogen (secondary N) is 1. The van der Waals surface area contributed by atoms with Crippen molar-refractivity contribution in [1.29, 1.82) is 0 Å². The fourth-order valence-corrected chi connectivity index (χ4v) is 3.01. The third kappa shape index (κ3) is 3.67. The summed E-state index contributed by atoms with van der Waals surface area (Å²) in [6.45, 7) is 1.67. The van der Waals surface area contributed by atoms with Gasteiger partial charge in [0.1, 0.15) is 0 Å². The summed E-state index contributed by atoms with van der Waals surface area (Å²) >= 11 is 0. The first-order chi connectivity index (χ1) is 12.8. The van der Waals surface area contributed by atoms with Crippen LogP contribution in [0.1, 0.15) is 40.8 Å². The molecule has 7 nitrogen and oxygen atoms in total. The zero-order valence-corrected chi connectivity index (χ0v) is 14.3. The standard InChI is InChI=1S/C19H20N4O3/c24-19(15-3-5-16(6-4-15)23-9-1-2-10-23)20-13-17-21-18(22-26-17)14-7-11-25-12-8-14/h1-6,9-10,14H,7-8,11-13H2,(H,20,24). The SMILES string of the molecule is O=C(NCc1nc(C2CCOCC2)no1)c1ccc(-n2cccc2)cc1. The first-order valence-corrected chi connectivity index (χ1v) is 8.71. The van der Waals surface area contributed by atoms with E-state index >= 15 is 0 Å². The lowest BCUT2D eigenvalue weighted by atomic mass is 10.00. The minimum absolute atomic E-state index is 0.171. The molecule has 0 atom stereocenters. The summed E-state index contributed by atoms with van der Waals surface area (Å²) in [5, 5.41) is 6.85. The van der Waals surface area contributed by atoms with Crippen molar-refractivity contribution in [2.24, 2.45) is 0 Å². The molecule has 26 heavy (non-hydrogen) atoms. The highest BCUT2D eigenvalue weighted by molar-refractivity contribution is 5.94. The van der Waals surface area contributed by atoms with Crippen molar-refractivity contribution in [1.82, 2.24) is 20.0 Å². The number of hydrogen-bond acceptors (Lipinski definition) is 5. The zero-order valence-electron chi connectivity index (χ0n) is 14.3. The topological polar surface area (TPSA) is 82.2 Å². The number of amides is 1. The predicted molar refractivity (Wildman–Crippen MR) is 94.0 cm³/mol. The molecule has 1 saturated heterocycles. The molecule has 1 N–H and O–H groups in total. The van der Waals surface area contributed by atoms with E-state index in [0.29, 0.717) is 17.3 Å². The summed E-state index contributed by atoms with van der Waals surface area (Å²) in [6, 6.07) is 11.3. The molecule has 4 rings (SSSR count). The molecule has 0 aliphatic carbocycles. The van der Waals surface area contributed by atoms with Crippen molar-refractivity contribution in [3.63, 3.8) is 0 Å². The van der Waals surface area contributed by atoms with Crippen LogP contribution in [0, 0.1) is 0 Å². The van der Waals surface area contributed by atoms with Crippen LogP contribution in [0.15, 0.2) is 53.3 Å². The largest absolute Gasteiger partial charge is 0.381 e. The average Bonchev–Trinajstić information content (AvgIpc) is 3.39. The van der Waals surface area contributed by atoms with E-state index in [0.717, 1.165) is 31.7 Å². The highest BCUT2D eigenvalue weighted by atomic mass is 16.5. The quantitative estimate of drug-likeness (QED) is 0.763. The van der Waals surface area contributed by atoms with Crippen molar-refractivity contribution in [2.75, 3.05) is 13.2 Å². The van der Waals surface area contributed by atoms with Gasteiger partial charge in [-0.2, -0.15) is 4.98 Å². The Morgan fingerprint density at radius 1 is 1.15 bits per heavy atom. The third-order valence-corrected chi connectivity index (χ3v) is 4.50. The molecule has 134 valence electrons. The Morgan fingerprint density at radius 2 is 1.88 bits per heavy atom. The maximum absolute atomic E-state index is 12.3. The molecule has 7 heteroatoms. The summed E-state index contributed by atoms with van der Waals surface area (Å²) in [6.07, 6.45) is 5.72. The molecule has 1 aliphatic rings. The van der Waals surface area contributed by atoms with Crippen LogP contribution < -0.4 is 5.32 Å². The second-order valence-electron chi connectivity index (χ2n) is 6.25. The Hall–Kier alpha value is -2.93. The van der Waals surface area contributed by atoms with Crippen LogP contribution in [-0.2, 0) is 11.3 Å². The van der Waals surface area contributed by atoms with Crippen LogP contribution in [0.25, 0.3) is 5.69 Å². The first-order valence-electron chi connectivity index (χ1n) is 8.71. The van der Waals surface area contributed by atoms with E-state index in [1.165, 1.54) is 0 Å². The van der Waals surface area contributed by atoms with Crippen LogP contribution in [0.2, 0.25) is 0 Å². The smallest absolute Gasteiger partial charge is 0.251 e. The van der Waals surface area contributed by atoms with Crippen LogP contribution in [-0.4, -0.2) is 33.8 Å². The van der Waals surface area contributed by atoms with E-state index in [4.69, 9.17) is 9.26 Å². The minimum atomic E-state index is -0.171. The van der Waals surface area contributed by atoms with Crippen molar-refractivity contribution in [3.8, 4) is 5.69 Å². The van der Waals surface area contributed by atoms with Gasteiger partial charge in [-0.3, -0.25) is 4.79 Å². The Labute approximate surface area is 151 Å². The molecule has 1 aromatic carbocycles. The van der Waals surface area contributed by atoms with E-state index in [1.807, 2.05) is 41.2 Å². The van der Waals surface area contributed by atoms with Crippen molar-refractivity contribution in [3.05, 3.63) is 66.1 Å². The minimum Gasteiger partial charge on any atom is -0.381 e. The molecule has 0 unspecified atom stereocenters. The molecule has 0 spiro atoms. The van der Waals surface area contributed by atoms with E-state index < -0.39 is 0 Å². The van der Waals surface area contributed by atoms with Crippen LogP contribution in [0.4, 0.5) is 0 Å². The molecular weight excluding hydrogens is 332 g/mol. The highest BCUT2D eigenvalue weighted by Crippen LogP contribution is 2.24. The van der Waals surface area contributed by atoms with Crippen LogP contribution in [0.3, 0.4) is 0 Å². The predicted octanol–water partition coefficient (Wildman–Crippen LogP) is 2.68. The monoisotopic (exact) mass is 352 g/mol. The number of carbonyl (C=O) groups is 1. The van der Waals surface area contributed by atoms with Gasteiger partial charge in [0.15, 0.2) is 5.82 Å². The molecule has 1 aliphatic heterocycles. The summed E-state index contributed by atoms with van der Waals surface area (Å²) in [7, 11) is 0. The number of ether oxygens (including phenoxy) is 1. The van der Waals surface area contributed by atoms with E-state index in [9.17, 15) is 4.79 Å². The zero-order chi connectivity index (χ0) is 17.8. The maximum atomic E-state index is 12.3. The Balaban J connectivity index is 1.34. The lowest BCUT2D eigenvalue weighted by Crippen LogP contribution is -2.23.